The van der Waals surface area contributed by atoms with Crippen molar-refractivity contribution in [1.29, 1.82) is 0 Å². The first-order valence-corrected chi connectivity index (χ1v) is 15.5. The van der Waals surface area contributed by atoms with Gasteiger partial charge in [0.25, 0.3) is 0 Å². The summed E-state index contributed by atoms with van der Waals surface area (Å²) < 4.78 is 6.54. The Morgan fingerprint density at radius 1 is 0.289 bits per heavy atom. The van der Waals surface area contributed by atoms with Gasteiger partial charge in [0.05, 0.1) is 6.26 Å². The van der Waals surface area contributed by atoms with Crippen LogP contribution < -0.4 is 0 Å². The van der Waals surface area contributed by atoms with Gasteiger partial charge in [-0.2, -0.15) is 0 Å². The van der Waals surface area contributed by atoms with Gasteiger partial charge < -0.3 is 4.42 Å². The molecule has 0 atom stereocenters. The minimum Gasteiger partial charge on any atom is -0.463 e. The lowest BCUT2D eigenvalue weighted by Gasteiger charge is -2.17. The predicted octanol–water partition coefficient (Wildman–Crippen LogP) is 12.7. The highest BCUT2D eigenvalue weighted by molar-refractivity contribution is 6.21. The van der Waals surface area contributed by atoms with Crippen molar-refractivity contribution >= 4 is 75.6 Å². The Morgan fingerprint density at radius 2 is 0.867 bits per heavy atom. The molecule has 208 valence electrons. The molecule has 10 aromatic rings. The molecule has 1 aromatic heterocycles. The van der Waals surface area contributed by atoms with Crippen LogP contribution in [0.3, 0.4) is 0 Å². The van der Waals surface area contributed by atoms with E-state index < -0.39 is 0 Å². The third-order valence-corrected chi connectivity index (χ3v) is 9.69. The molecule has 0 spiro atoms. The summed E-state index contributed by atoms with van der Waals surface area (Å²) in [5.41, 5.74) is 5.69. The Labute approximate surface area is 259 Å². The summed E-state index contributed by atoms with van der Waals surface area (Å²) in [6.07, 6.45) is 1.98. The molecule has 0 bridgehead atoms. The first kappa shape index (κ1) is 24.5. The lowest BCUT2D eigenvalue weighted by Crippen LogP contribution is -1.90. The molecule has 0 aliphatic heterocycles. The zero-order valence-electron chi connectivity index (χ0n) is 24.4. The normalized spacial score (nSPS) is 12.0. The average molecular weight is 571 g/mol. The van der Waals surface area contributed by atoms with Crippen LogP contribution in [0.15, 0.2) is 162 Å². The van der Waals surface area contributed by atoms with E-state index >= 15 is 0 Å². The Kier molecular flexibility index (Phi) is 5.06. The smallest absolute Gasteiger partial charge is 0.142 e. The molecule has 45 heavy (non-hydrogen) atoms. The van der Waals surface area contributed by atoms with Gasteiger partial charge in [-0.1, -0.05) is 127 Å². The van der Waals surface area contributed by atoms with Crippen molar-refractivity contribution in [2.75, 3.05) is 0 Å². The predicted molar refractivity (Wildman–Crippen MR) is 192 cm³/mol. The van der Waals surface area contributed by atoms with Crippen molar-refractivity contribution in [2.45, 2.75) is 0 Å². The van der Waals surface area contributed by atoms with Crippen LogP contribution in [-0.4, -0.2) is 0 Å². The fourth-order valence-electron chi connectivity index (χ4n) is 7.58. The van der Waals surface area contributed by atoms with E-state index in [1.807, 2.05) is 6.26 Å². The number of fused-ring (bicyclic) bond motifs is 10. The molecule has 1 heteroatoms. The topological polar surface area (TPSA) is 13.1 Å². The second kappa shape index (κ2) is 9.29. The fourth-order valence-corrected chi connectivity index (χ4v) is 7.58. The van der Waals surface area contributed by atoms with Crippen LogP contribution in [0, 0.1) is 0 Å². The number of rotatable bonds is 2. The fraction of sp³-hybridized carbons (Fsp3) is 0. The van der Waals surface area contributed by atoms with Crippen LogP contribution >= 0.6 is 0 Å². The summed E-state index contributed by atoms with van der Waals surface area (Å²) >= 11 is 0. The van der Waals surface area contributed by atoms with Gasteiger partial charge in [0.2, 0.25) is 0 Å². The van der Waals surface area contributed by atoms with Crippen molar-refractivity contribution in [3.63, 3.8) is 0 Å². The molecule has 0 radical (unpaired) electrons. The van der Waals surface area contributed by atoms with E-state index in [2.05, 4.69) is 152 Å². The molecular formula is C44H26O. The molecule has 9 aromatic carbocycles. The van der Waals surface area contributed by atoms with Crippen molar-refractivity contribution < 1.29 is 4.42 Å². The highest BCUT2D eigenvalue weighted by Crippen LogP contribution is 2.46. The second-order valence-electron chi connectivity index (χ2n) is 12.1. The van der Waals surface area contributed by atoms with Gasteiger partial charge in [0, 0.05) is 21.9 Å². The molecule has 10 rings (SSSR count). The van der Waals surface area contributed by atoms with Crippen molar-refractivity contribution in [3.8, 4) is 22.3 Å². The SMILES string of the molecule is c1ccc2cc3c(-c4coc5c4ccc4c6ccccc6ccc45)c(-c4cccc5c4ccc4ccccc45)ccc3cc2c1. The summed E-state index contributed by atoms with van der Waals surface area (Å²) in [6, 6.07) is 55.3. The molecule has 1 heterocycles. The van der Waals surface area contributed by atoms with E-state index in [0.717, 1.165) is 21.9 Å². The van der Waals surface area contributed by atoms with Crippen LogP contribution in [0.25, 0.3) is 97.9 Å². The number of hydrogen-bond acceptors (Lipinski definition) is 1. The Hall–Kier alpha value is -5.92. The minimum absolute atomic E-state index is 0.931. The van der Waals surface area contributed by atoms with E-state index in [9.17, 15) is 0 Å². The van der Waals surface area contributed by atoms with E-state index in [1.54, 1.807) is 0 Å². The summed E-state index contributed by atoms with van der Waals surface area (Å²) in [6.45, 7) is 0. The molecule has 0 N–H and O–H groups in total. The first-order chi connectivity index (χ1) is 22.3. The van der Waals surface area contributed by atoms with E-state index in [-0.39, 0.29) is 0 Å². The van der Waals surface area contributed by atoms with Crippen LogP contribution in [0.2, 0.25) is 0 Å². The monoisotopic (exact) mass is 570 g/mol. The number of furan rings is 1. The third-order valence-electron chi connectivity index (χ3n) is 9.69. The summed E-state index contributed by atoms with van der Waals surface area (Å²) in [5.74, 6) is 0. The zero-order valence-corrected chi connectivity index (χ0v) is 24.4. The summed E-state index contributed by atoms with van der Waals surface area (Å²) in [4.78, 5) is 0. The maximum atomic E-state index is 6.54. The van der Waals surface area contributed by atoms with Crippen molar-refractivity contribution in [3.05, 3.63) is 158 Å². The third kappa shape index (κ3) is 3.56. The van der Waals surface area contributed by atoms with Gasteiger partial charge in [0.1, 0.15) is 5.58 Å². The molecule has 1 nitrogen and oxygen atoms in total. The van der Waals surface area contributed by atoms with Crippen molar-refractivity contribution in [1.82, 2.24) is 0 Å². The zero-order chi connectivity index (χ0) is 29.5. The van der Waals surface area contributed by atoms with Crippen molar-refractivity contribution in [2.24, 2.45) is 0 Å². The standard InChI is InChI=1S/C44H26O/c1-2-11-30-25-41-31(24-29(30)10-1)18-20-38(35-15-7-14-34-32-12-5-3-8-27(32)16-19-37(34)35)43(41)42-26-45-44-39-21-17-28-9-4-6-13-33(28)36(39)22-23-40(42)44/h1-26H. The second-order valence-corrected chi connectivity index (χ2v) is 12.1. The molecular weight excluding hydrogens is 544 g/mol. The molecule has 0 unspecified atom stereocenters. The van der Waals surface area contributed by atoms with Gasteiger partial charge in [-0.05, 0) is 94.6 Å². The Morgan fingerprint density at radius 3 is 1.64 bits per heavy atom. The average Bonchev–Trinajstić information content (AvgIpc) is 3.54. The van der Waals surface area contributed by atoms with Crippen LogP contribution in [0.1, 0.15) is 0 Å². The van der Waals surface area contributed by atoms with E-state index in [1.165, 1.54) is 75.9 Å². The van der Waals surface area contributed by atoms with Gasteiger partial charge >= 0.3 is 0 Å². The Bertz CT molecular complexity index is 2820. The lowest BCUT2D eigenvalue weighted by molar-refractivity contribution is 0.620. The maximum Gasteiger partial charge on any atom is 0.142 e. The molecule has 0 amide bonds. The largest absolute Gasteiger partial charge is 0.463 e. The molecule has 0 aliphatic carbocycles. The molecule has 0 saturated heterocycles. The van der Waals surface area contributed by atoms with E-state index in [0.29, 0.717) is 0 Å². The highest BCUT2D eigenvalue weighted by atomic mass is 16.3. The van der Waals surface area contributed by atoms with E-state index in [4.69, 9.17) is 4.42 Å². The first-order valence-electron chi connectivity index (χ1n) is 15.5. The summed E-state index contributed by atoms with van der Waals surface area (Å²) in [5, 5.41) is 15.9. The molecule has 0 aliphatic rings. The highest BCUT2D eigenvalue weighted by Gasteiger charge is 2.20. The van der Waals surface area contributed by atoms with Crippen LogP contribution in [-0.2, 0) is 0 Å². The quantitative estimate of drug-likeness (QED) is 0.149. The minimum atomic E-state index is 0.931. The van der Waals surface area contributed by atoms with Gasteiger partial charge in [-0.25, -0.2) is 0 Å². The van der Waals surface area contributed by atoms with Gasteiger partial charge in [-0.15, -0.1) is 0 Å². The van der Waals surface area contributed by atoms with Crippen LogP contribution in [0.5, 0.6) is 0 Å². The maximum absolute atomic E-state index is 6.54. The summed E-state index contributed by atoms with van der Waals surface area (Å²) in [7, 11) is 0. The Balaban J connectivity index is 1.33. The number of benzene rings is 9. The molecule has 0 saturated carbocycles. The lowest BCUT2D eigenvalue weighted by atomic mass is 9.86. The van der Waals surface area contributed by atoms with Crippen LogP contribution in [0.4, 0.5) is 0 Å². The van der Waals surface area contributed by atoms with Gasteiger partial charge in [0.15, 0.2) is 0 Å². The van der Waals surface area contributed by atoms with Gasteiger partial charge in [-0.3, -0.25) is 0 Å². The number of hydrogen-bond donors (Lipinski definition) is 0. The molecule has 0 fully saturated rings.